The molecule has 18 heavy (non-hydrogen) atoms. The first-order valence-electron chi connectivity index (χ1n) is 5.70. The zero-order valence-corrected chi connectivity index (χ0v) is 10.4. The SMILES string of the molecule is COc1ccc(C(C)Nc2cccnc2)cc1F. The Bertz CT molecular complexity index is 516. The van der Waals surface area contributed by atoms with Gasteiger partial charge >= 0.3 is 0 Å². The molecule has 0 radical (unpaired) electrons. The van der Waals surface area contributed by atoms with E-state index < -0.39 is 0 Å². The first kappa shape index (κ1) is 12.4. The number of rotatable bonds is 4. The molecule has 2 rings (SSSR count). The number of halogens is 1. The fourth-order valence-electron chi connectivity index (χ4n) is 1.73. The molecule has 1 heterocycles. The van der Waals surface area contributed by atoms with Crippen LogP contribution in [0.25, 0.3) is 0 Å². The average molecular weight is 246 g/mol. The summed E-state index contributed by atoms with van der Waals surface area (Å²) < 4.78 is 18.5. The van der Waals surface area contributed by atoms with E-state index in [1.807, 2.05) is 25.1 Å². The normalized spacial score (nSPS) is 11.9. The van der Waals surface area contributed by atoms with Crippen LogP contribution in [0, 0.1) is 5.82 Å². The molecule has 4 heteroatoms. The smallest absolute Gasteiger partial charge is 0.165 e. The summed E-state index contributed by atoms with van der Waals surface area (Å²) in [5, 5.41) is 3.25. The van der Waals surface area contributed by atoms with Crippen molar-refractivity contribution in [2.24, 2.45) is 0 Å². The van der Waals surface area contributed by atoms with Crippen LogP contribution in [0.5, 0.6) is 5.75 Å². The lowest BCUT2D eigenvalue weighted by molar-refractivity contribution is 0.386. The van der Waals surface area contributed by atoms with E-state index >= 15 is 0 Å². The number of anilines is 1. The molecular weight excluding hydrogens is 231 g/mol. The Hall–Kier alpha value is -2.10. The molecule has 0 saturated heterocycles. The number of nitrogens with one attached hydrogen (secondary N) is 1. The van der Waals surface area contributed by atoms with Gasteiger partial charge < -0.3 is 10.1 Å². The second-order valence-electron chi connectivity index (χ2n) is 4.00. The van der Waals surface area contributed by atoms with Crippen molar-refractivity contribution < 1.29 is 9.13 Å². The summed E-state index contributed by atoms with van der Waals surface area (Å²) in [6, 6.07) is 8.72. The molecule has 0 spiro atoms. The van der Waals surface area contributed by atoms with Crippen LogP contribution in [0.15, 0.2) is 42.7 Å². The highest BCUT2D eigenvalue weighted by Gasteiger charge is 2.09. The largest absolute Gasteiger partial charge is 0.494 e. The molecule has 0 aliphatic heterocycles. The second kappa shape index (κ2) is 5.49. The molecule has 0 amide bonds. The van der Waals surface area contributed by atoms with Crippen LogP contribution in [0.3, 0.4) is 0 Å². The number of methoxy groups -OCH3 is 1. The monoisotopic (exact) mass is 246 g/mol. The van der Waals surface area contributed by atoms with Gasteiger partial charge in [-0.15, -0.1) is 0 Å². The Morgan fingerprint density at radius 1 is 1.33 bits per heavy atom. The molecular formula is C14H15FN2O. The van der Waals surface area contributed by atoms with Crippen molar-refractivity contribution in [3.8, 4) is 5.75 Å². The Kier molecular flexibility index (Phi) is 3.77. The molecule has 3 nitrogen and oxygen atoms in total. The third kappa shape index (κ3) is 2.77. The van der Waals surface area contributed by atoms with Crippen LogP contribution >= 0.6 is 0 Å². The van der Waals surface area contributed by atoms with Crippen LogP contribution in [-0.4, -0.2) is 12.1 Å². The van der Waals surface area contributed by atoms with Crippen molar-refractivity contribution >= 4 is 5.69 Å². The third-order valence-electron chi connectivity index (χ3n) is 2.72. The molecule has 1 unspecified atom stereocenters. The Morgan fingerprint density at radius 2 is 2.17 bits per heavy atom. The van der Waals surface area contributed by atoms with Gasteiger partial charge in [-0.1, -0.05) is 6.07 Å². The number of ether oxygens (including phenoxy) is 1. The van der Waals surface area contributed by atoms with Crippen molar-refractivity contribution in [3.63, 3.8) is 0 Å². The minimum absolute atomic E-state index is 0.00499. The van der Waals surface area contributed by atoms with E-state index in [4.69, 9.17) is 4.74 Å². The molecule has 1 atom stereocenters. The molecule has 0 fully saturated rings. The van der Waals surface area contributed by atoms with E-state index in [-0.39, 0.29) is 17.6 Å². The maximum absolute atomic E-state index is 13.6. The van der Waals surface area contributed by atoms with Crippen LogP contribution < -0.4 is 10.1 Å². The van der Waals surface area contributed by atoms with E-state index in [2.05, 4.69) is 10.3 Å². The van der Waals surface area contributed by atoms with E-state index in [0.29, 0.717) is 0 Å². The number of hydrogen-bond donors (Lipinski definition) is 1. The quantitative estimate of drug-likeness (QED) is 0.897. The van der Waals surface area contributed by atoms with E-state index in [0.717, 1.165) is 11.3 Å². The highest BCUT2D eigenvalue weighted by Crippen LogP contribution is 2.23. The van der Waals surface area contributed by atoms with E-state index in [1.165, 1.54) is 13.2 Å². The maximum atomic E-state index is 13.6. The molecule has 94 valence electrons. The Morgan fingerprint density at radius 3 is 2.78 bits per heavy atom. The zero-order chi connectivity index (χ0) is 13.0. The van der Waals surface area contributed by atoms with Crippen molar-refractivity contribution in [3.05, 3.63) is 54.1 Å². The van der Waals surface area contributed by atoms with Gasteiger partial charge in [0.2, 0.25) is 0 Å². The number of benzene rings is 1. The lowest BCUT2D eigenvalue weighted by Crippen LogP contribution is -2.07. The van der Waals surface area contributed by atoms with Gasteiger partial charge in [-0.25, -0.2) is 4.39 Å². The summed E-state index contributed by atoms with van der Waals surface area (Å²) in [6.45, 7) is 1.97. The number of nitrogens with zero attached hydrogens (tertiary/aromatic N) is 1. The van der Waals surface area contributed by atoms with E-state index in [1.54, 1.807) is 18.5 Å². The highest BCUT2D eigenvalue weighted by molar-refractivity contribution is 5.43. The van der Waals surface area contributed by atoms with Crippen LogP contribution in [-0.2, 0) is 0 Å². The minimum atomic E-state index is -0.352. The molecule has 0 aliphatic carbocycles. The first-order valence-corrected chi connectivity index (χ1v) is 5.70. The molecule has 0 saturated carbocycles. The first-order chi connectivity index (χ1) is 8.70. The average Bonchev–Trinajstić information content (AvgIpc) is 2.39. The van der Waals surface area contributed by atoms with Crippen LogP contribution in [0.2, 0.25) is 0 Å². The van der Waals surface area contributed by atoms with Crippen LogP contribution in [0.1, 0.15) is 18.5 Å². The van der Waals surface area contributed by atoms with Crippen molar-refractivity contribution in [1.82, 2.24) is 4.98 Å². The van der Waals surface area contributed by atoms with Crippen molar-refractivity contribution in [2.75, 3.05) is 12.4 Å². The van der Waals surface area contributed by atoms with Gasteiger partial charge in [-0.05, 0) is 36.8 Å². The van der Waals surface area contributed by atoms with Gasteiger partial charge in [0.25, 0.3) is 0 Å². The van der Waals surface area contributed by atoms with Gasteiger partial charge in [0.05, 0.1) is 12.8 Å². The molecule has 1 aromatic carbocycles. The summed E-state index contributed by atoms with van der Waals surface area (Å²) in [5.41, 5.74) is 1.76. The van der Waals surface area contributed by atoms with Gasteiger partial charge in [0.1, 0.15) is 0 Å². The summed E-state index contributed by atoms with van der Waals surface area (Å²) in [4.78, 5) is 4.02. The molecule has 0 bridgehead atoms. The predicted molar refractivity (Wildman–Crippen MR) is 69.2 cm³/mol. The van der Waals surface area contributed by atoms with Gasteiger partial charge in [0, 0.05) is 18.4 Å². The second-order valence-corrected chi connectivity index (χ2v) is 4.00. The Labute approximate surface area is 106 Å². The standard InChI is InChI=1S/C14H15FN2O/c1-10(17-12-4-3-7-16-9-12)11-5-6-14(18-2)13(15)8-11/h3-10,17H,1-2H3. The van der Waals surface area contributed by atoms with Crippen molar-refractivity contribution in [2.45, 2.75) is 13.0 Å². The summed E-state index contributed by atoms with van der Waals surface area (Å²) in [6.07, 6.45) is 3.44. The molecule has 1 aromatic heterocycles. The summed E-state index contributed by atoms with van der Waals surface area (Å²) in [7, 11) is 1.45. The summed E-state index contributed by atoms with van der Waals surface area (Å²) in [5.74, 6) is -0.0952. The Balaban J connectivity index is 2.14. The van der Waals surface area contributed by atoms with Crippen molar-refractivity contribution in [1.29, 1.82) is 0 Å². The predicted octanol–water partition coefficient (Wildman–Crippen LogP) is 3.40. The molecule has 2 aromatic rings. The number of aromatic nitrogens is 1. The minimum Gasteiger partial charge on any atom is -0.494 e. The maximum Gasteiger partial charge on any atom is 0.165 e. The van der Waals surface area contributed by atoms with E-state index in [9.17, 15) is 4.39 Å². The van der Waals surface area contributed by atoms with Gasteiger partial charge in [0.15, 0.2) is 11.6 Å². The van der Waals surface area contributed by atoms with Gasteiger partial charge in [-0.3, -0.25) is 4.98 Å². The fourth-order valence-corrected chi connectivity index (χ4v) is 1.73. The highest BCUT2D eigenvalue weighted by atomic mass is 19.1. The third-order valence-corrected chi connectivity index (χ3v) is 2.72. The lowest BCUT2D eigenvalue weighted by Gasteiger charge is -2.16. The topological polar surface area (TPSA) is 34.1 Å². The lowest BCUT2D eigenvalue weighted by atomic mass is 10.1. The zero-order valence-electron chi connectivity index (χ0n) is 10.4. The number of hydrogen-bond acceptors (Lipinski definition) is 3. The molecule has 1 N–H and O–H groups in total. The molecule has 0 aliphatic rings. The van der Waals surface area contributed by atoms with Gasteiger partial charge in [-0.2, -0.15) is 0 Å². The van der Waals surface area contributed by atoms with Crippen LogP contribution in [0.4, 0.5) is 10.1 Å². The number of pyridine rings is 1. The fraction of sp³-hybridized carbons (Fsp3) is 0.214. The summed E-state index contributed by atoms with van der Waals surface area (Å²) >= 11 is 0.